The number of hydrogen-bond donors (Lipinski definition) is 1. The maximum absolute atomic E-state index is 13.0. The molecule has 1 aliphatic carbocycles. The average Bonchev–Trinajstić information content (AvgIpc) is 1.98. The second-order valence-electron chi connectivity index (χ2n) is 3.33. The van der Waals surface area contributed by atoms with Gasteiger partial charge >= 0.3 is 5.97 Å². The Hall–Kier alpha value is -0.710. The van der Waals surface area contributed by atoms with Crippen molar-refractivity contribution in [2.24, 2.45) is 5.73 Å². The van der Waals surface area contributed by atoms with Gasteiger partial charge in [-0.05, 0) is 12.8 Å². The van der Waals surface area contributed by atoms with Crippen LogP contribution < -0.4 is 5.73 Å². The highest BCUT2D eigenvalue weighted by Crippen LogP contribution is 2.33. The van der Waals surface area contributed by atoms with Gasteiger partial charge in [-0.2, -0.15) is 0 Å². The van der Waals surface area contributed by atoms with Crippen molar-refractivity contribution in [1.29, 1.82) is 0 Å². The third kappa shape index (κ3) is 2.37. The van der Waals surface area contributed by atoms with Crippen molar-refractivity contribution >= 4 is 5.97 Å². The third-order valence-corrected chi connectivity index (χ3v) is 2.20. The second-order valence-corrected chi connectivity index (χ2v) is 3.33. The lowest BCUT2D eigenvalue weighted by molar-refractivity contribution is -0.159. The molecule has 0 aliphatic heterocycles. The minimum Gasteiger partial charge on any atom is -0.461 e. The molecule has 2 N–H and O–H groups in total. The number of halogens is 2. The van der Waals surface area contributed by atoms with Crippen molar-refractivity contribution in [2.45, 2.75) is 44.3 Å². The smallest absolute Gasteiger partial charge is 0.302 e. The Bertz CT molecular complexity index is 208. The highest BCUT2D eigenvalue weighted by atomic mass is 19.3. The van der Waals surface area contributed by atoms with Crippen LogP contribution in [0.3, 0.4) is 0 Å². The quantitative estimate of drug-likeness (QED) is 0.633. The third-order valence-electron chi connectivity index (χ3n) is 2.20. The molecular weight excluding hydrogens is 180 g/mol. The molecule has 1 fully saturated rings. The molecule has 0 aromatic heterocycles. The summed E-state index contributed by atoms with van der Waals surface area (Å²) in [5, 5.41) is 0. The molecule has 1 saturated carbocycles. The molecule has 0 radical (unpaired) electrons. The van der Waals surface area contributed by atoms with Gasteiger partial charge in [-0.3, -0.25) is 4.79 Å². The van der Waals surface area contributed by atoms with Crippen molar-refractivity contribution < 1.29 is 18.3 Å². The summed E-state index contributed by atoms with van der Waals surface area (Å²) in [6.07, 6.45) is -0.276. The van der Waals surface area contributed by atoms with Gasteiger partial charge in [-0.1, -0.05) is 0 Å². The normalized spacial score (nSPS) is 32.6. The van der Waals surface area contributed by atoms with Crippen LogP contribution in [0.2, 0.25) is 0 Å². The molecule has 0 aromatic rings. The van der Waals surface area contributed by atoms with E-state index >= 15 is 0 Å². The molecule has 0 aromatic carbocycles. The van der Waals surface area contributed by atoms with Gasteiger partial charge in [0.2, 0.25) is 0 Å². The predicted molar refractivity (Wildman–Crippen MR) is 42.3 cm³/mol. The zero-order chi connectivity index (χ0) is 10.1. The number of hydrogen-bond acceptors (Lipinski definition) is 3. The molecule has 1 aliphatic rings. The van der Waals surface area contributed by atoms with Crippen LogP contribution in [-0.2, 0) is 9.53 Å². The summed E-state index contributed by atoms with van der Waals surface area (Å²) in [6.45, 7) is 1.19. The summed E-state index contributed by atoms with van der Waals surface area (Å²) in [7, 11) is 0. The molecule has 0 unspecified atom stereocenters. The summed E-state index contributed by atoms with van der Waals surface area (Å²) in [5.41, 5.74) is 5.28. The van der Waals surface area contributed by atoms with E-state index in [9.17, 15) is 13.6 Å². The molecule has 3 nitrogen and oxygen atoms in total. The molecule has 0 bridgehead atoms. The second kappa shape index (κ2) is 3.57. The zero-order valence-corrected chi connectivity index (χ0v) is 7.43. The molecule has 0 heterocycles. The van der Waals surface area contributed by atoms with E-state index < -0.39 is 24.0 Å². The number of carbonyl (C=O) groups is 1. The van der Waals surface area contributed by atoms with Gasteiger partial charge < -0.3 is 10.5 Å². The number of nitrogens with two attached hydrogens (primary N) is 1. The Kier molecular flexibility index (Phi) is 2.85. The lowest BCUT2D eigenvalue weighted by Crippen LogP contribution is -2.53. The Morgan fingerprint density at radius 2 is 2.23 bits per heavy atom. The largest absolute Gasteiger partial charge is 0.461 e. The van der Waals surface area contributed by atoms with Crippen molar-refractivity contribution in [3.05, 3.63) is 0 Å². The molecule has 76 valence electrons. The van der Waals surface area contributed by atoms with E-state index in [4.69, 9.17) is 10.5 Å². The topological polar surface area (TPSA) is 52.3 Å². The van der Waals surface area contributed by atoms with Crippen molar-refractivity contribution in [3.8, 4) is 0 Å². The van der Waals surface area contributed by atoms with Gasteiger partial charge in [0, 0.05) is 13.3 Å². The van der Waals surface area contributed by atoms with E-state index in [1.807, 2.05) is 0 Å². The molecule has 0 saturated heterocycles. The molecule has 1 rings (SSSR count). The van der Waals surface area contributed by atoms with E-state index in [0.717, 1.165) is 0 Å². The monoisotopic (exact) mass is 193 g/mol. The average molecular weight is 193 g/mol. The fourth-order valence-corrected chi connectivity index (χ4v) is 1.50. The number of rotatable bonds is 1. The van der Waals surface area contributed by atoms with Crippen molar-refractivity contribution in [2.75, 3.05) is 0 Å². The fraction of sp³-hybridized carbons (Fsp3) is 0.875. The van der Waals surface area contributed by atoms with Crippen LogP contribution in [0.15, 0.2) is 0 Å². The predicted octanol–water partition coefficient (Wildman–Crippen LogP) is 1.06. The highest BCUT2D eigenvalue weighted by molar-refractivity contribution is 5.66. The van der Waals surface area contributed by atoms with Crippen LogP contribution in [0, 0.1) is 0 Å². The Balaban J connectivity index is 2.60. The highest BCUT2D eigenvalue weighted by Gasteiger charge is 2.46. The standard InChI is InChI=1S/C8H13F2NO2/c1-5(12)13-6-3-2-4-8(9,10)7(6)11/h6-7H,2-4,11H2,1H3/t6-,7-/m0/s1. The first-order chi connectivity index (χ1) is 5.93. The van der Waals surface area contributed by atoms with Gasteiger partial charge in [0.25, 0.3) is 5.92 Å². The number of esters is 1. The van der Waals surface area contributed by atoms with Gasteiger partial charge in [0.15, 0.2) is 0 Å². The Morgan fingerprint density at radius 1 is 1.62 bits per heavy atom. The van der Waals surface area contributed by atoms with Crippen LogP contribution in [-0.4, -0.2) is 24.0 Å². The maximum Gasteiger partial charge on any atom is 0.302 e. The number of ether oxygens (including phenoxy) is 1. The molecule has 5 heteroatoms. The van der Waals surface area contributed by atoms with Crippen LogP contribution in [0.1, 0.15) is 26.2 Å². The SMILES string of the molecule is CC(=O)O[C@H]1CCCC(F)(F)[C@H]1N. The lowest BCUT2D eigenvalue weighted by atomic mass is 9.89. The van der Waals surface area contributed by atoms with Crippen molar-refractivity contribution in [3.63, 3.8) is 0 Å². The number of alkyl halides is 2. The van der Waals surface area contributed by atoms with Gasteiger partial charge in [-0.15, -0.1) is 0 Å². The molecule has 13 heavy (non-hydrogen) atoms. The first-order valence-electron chi connectivity index (χ1n) is 4.24. The van der Waals surface area contributed by atoms with Gasteiger partial charge in [0.1, 0.15) is 12.1 Å². The summed E-state index contributed by atoms with van der Waals surface area (Å²) in [4.78, 5) is 10.5. The summed E-state index contributed by atoms with van der Waals surface area (Å²) in [5.74, 6) is -3.46. The van der Waals surface area contributed by atoms with E-state index in [1.165, 1.54) is 6.92 Å². The maximum atomic E-state index is 13.0. The van der Waals surface area contributed by atoms with Gasteiger partial charge in [-0.25, -0.2) is 8.78 Å². The minimum absolute atomic E-state index is 0.216. The summed E-state index contributed by atoms with van der Waals surface area (Å²) >= 11 is 0. The van der Waals surface area contributed by atoms with E-state index in [-0.39, 0.29) is 6.42 Å². The Labute approximate surface area is 75.2 Å². The molecule has 0 amide bonds. The van der Waals surface area contributed by atoms with Gasteiger partial charge in [0.05, 0.1) is 0 Å². The van der Waals surface area contributed by atoms with Crippen LogP contribution in [0.4, 0.5) is 8.78 Å². The van der Waals surface area contributed by atoms with Crippen LogP contribution in [0.25, 0.3) is 0 Å². The number of carbonyl (C=O) groups excluding carboxylic acids is 1. The molecule has 2 atom stereocenters. The summed E-state index contributed by atoms with van der Waals surface area (Å²) < 4.78 is 30.7. The van der Waals surface area contributed by atoms with Crippen molar-refractivity contribution in [1.82, 2.24) is 0 Å². The minimum atomic E-state index is -2.90. The first-order valence-corrected chi connectivity index (χ1v) is 4.24. The summed E-state index contributed by atoms with van der Waals surface area (Å²) in [6, 6.07) is -1.36. The van der Waals surface area contributed by atoms with E-state index in [2.05, 4.69) is 0 Å². The van der Waals surface area contributed by atoms with Crippen LogP contribution in [0.5, 0.6) is 0 Å². The van der Waals surface area contributed by atoms with Crippen LogP contribution >= 0.6 is 0 Å². The first kappa shape index (κ1) is 10.4. The lowest BCUT2D eigenvalue weighted by Gasteiger charge is -2.34. The Morgan fingerprint density at radius 3 is 2.77 bits per heavy atom. The zero-order valence-electron chi connectivity index (χ0n) is 7.43. The fourth-order valence-electron chi connectivity index (χ4n) is 1.50. The van der Waals surface area contributed by atoms with E-state index in [0.29, 0.717) is 12.8 Å². The molecule has 0 spiro atoms. The van der Waals surface area contributed by atoms with E-state index in [1.54, 1.807) is 0 Å². The molecular formula is C8H13F2NO2.